The van der Waals surface area contributed by atoms with Gasteiger partial charge in [0.2, 0.25) is 0 Å². The van der Waals surface area contributed by atoms with Crippen molar-refractivity contribution in [3.05, 3.63) is 0 Å². The molecule has 0 unspecified atom stereocenters. The molecule has 14 heavy (non-hydrogen) atoms. The van der Waals surface area contributed by atoms with Crippen molar-refractivity contribution in [2.75, 3.05) is 13.6 Å². The molecule has 0 amide bonds. The quantitative estimate of drug-likeness (QED) is 0.508. The molecule has 1 aliphatic rings. The second-order valence-electron chi connectivity index (χ2n) is 4.39. The van der Waals surface area contributed by atoms with Gasteiger partial charge in [0.15, 0.2) is 0 Å². The van der Waals surface area contributed by atoms with Crippen molar-refractivity contribution < 1.29 is 0 Å². The lowest BCUT2D eigenvalue weighted by atomic mass is 10.1. The highest BCUT2D eigenvalue weighted by molar-refractivity contribution is 4.74. The summed E-state index contributed by atoms with van der Waals surface area (Å²) in [6, 6.07) is 3.00. The fraction of sp³-hybridized carbons (Fsp3) is 0.917. The van der Waals surface area contributed by atoms with Gasteiger partial charge < -0.3 is 4.90 Å². The first-order chi connectivity index (χ1) is 6.84. The average Bonchev–Trinajstić information content (AvgIpc) is 2.46. The molecule has 0 atom stereocenters. The molecular formula is C12H22N2. The predicted octanol–water partition coefficient (Wildman–Crippen LogP) is 2.94. The van der Waals surface area contributed by atoms with Gasteiger partial charge in [-0.2, -0.15) is 5.26 Å². The van der Waals surface area contributed by atoms with Crippen LogP contribution in [0.1, 0.15) is 51.4 Å². The van der Waals surface area contributed by atoms with Crippen LogP contribution in [0.25, 0.3) is 0 Å². The lowest BCUT2D eigenvalue weighted by Gasteiger charge is -2.26. The summed E-state index contributed by atoms with van der Waals surface area (Å²) in [5.41, 5.74) is 0. The van der Waals surface area contributed by atoms with Crippen molar-refractivity contribution in [3.63, 3.8) is 0 Å². The summed E-state index contributed by atoms with van der Waals surface area (Å²) in [6.45, 7) is 1.10. The van der Waals surface area contributed by atoms with Crippen molar-refractivity contribution in [2.24, 2.45) is 0 Å². The van der Waals surface area contributed by atoms with Crippen LogP contribution in [-0.2, 0) is 0 Å². The Hall–Kier alpha value is -0.550. The minimum absolute atomic E-state index is 0.705. The summed E-state index contributed by atoms with van der Waals surface area (Å²) < 4.78 is 0. The first-order valence-corrected chi connectivity index (χ1v) is 5.92. The number of nitrogens with zero attached hydrogens (tertiary/aromatic N) is 2. The fourth-order valence-electron chi connectivity index (χ4n) is 2.29. The summed E-state index contributed by atoms with van der Waals surface area (Å²) in [5.74, 6) is 0. The van der Waals surface area contributed by atoms with Gasteiger partial charge in [0, 0.05) is 12.5 Å². The number of rotatable bonds is 4. The van der Waals surface area contributed by atoms with Gasteiger partial charge in [0.25, 0.3) is 0 Å². The van der Waals surface area contributed by atoms with Crippen LogP contribution in [-0.4, -0.2) is 24.5 Å². The van der Waals surface area contributed by atoms with Crippen molar-refractivity contribution in [2.45, 2.75) is 57.4 Å². The molecule has 0 aromatic rings. The molecular weight excluding hydrogens is 172 g/mol. The molecule has 0 aromatic carbocycles. The van der Waals surface area contributed by atoms with Crippen LogP contribution < -0.4 is 0 Å². The van der Waals surface area contributed by atoms with Crippen LogP contribution in [0.4, 0.5) is 0 Å². The molecule has 80 valence electrons. The Bertz CT molecular complexity index is 175. The molecule has 2 heteroatoms. The van der Waals surface area contributed by atoms with Crippen LogP contribution in [0.2, 0.25) is 0 Å². The van der Waals surface area contributed by atoms with E-state index in [0.717, 1.165) is 19.0 Å². The van der Waals surface area contributed by atoms with E-state index in [1.54, 1.807) is 0 Å². The van der Waals surface area contributed by atoms with Crippen LogP contribution in [0.15, 0.2) is 0 Å². The maximum atomic E-state index is 8.47. The van der Waals surface area contributed by atoms with Gasteiger partial charge in [0.05, 0.1) is 6.07 Å². The molecule has 0 aromatic heterocycles. The second-order valence-corrected chi connectivity index (χ2v) is 4.39. The summed E-state index contributed by atoms with van der Waals surface area (Å²) >= 11 is 0. The zero-order chi connectivity index (χ0) is 10.2. The zero-order valence-electron chi connectivity index (χ0n) is 9.34. The number of unbranched alkanes of at least 4 members (excludes halogenated alkanes) is 1. The van der Waals surface area contributed by atoms with Crippen LogP contribution in [0.3, 0.4) is 0 Å². The van der Waals surface area contributed by atoms with Crippen molar-refractivity contribution in [3.8, 4) is 6.07 Å². The van der Waals surface area contributed by atoms with Gasteiger partial charge in [0.1, 0.15) is 0 Å². The zero-order valence-corrected chi connectivity index (χ0v) is 9.34. The molecule has 1 saturated carbocycles. The Morgan fingerprint density at radius 2 is 1.86 bits per heavy atom. The number of nitriles is 1. The smallest absolute Gasteiger partial charge is 0.0622 e. The highest BCUT2D eigenvalue weighted by Gasteiger charge is 2.15. The van der Waals surface area contributed by atoms with Crippen LogP contribution in [0, 0.1) is 11.3 Å². The molecule has 0 bridgehead atoms. The van der Waals surface area contributed by atoms with E-state index in [0.29, 0.717) is 6.42 Å². The number of hydrogen-bond acceptors (Lipinski definition) is 2. The second kappa shape index (κ2) is 6.84. The summed E-state index contributed by atoms with van der Waals surface area (Å²) in [7, 11) is 2.22. The largest absolute Gasteiger partial charge is 0.303 e. The van der Waals surface area contributed by atoms with E-state index >= 15 is 0 Å². The Morgan fingerprint density at radius 3 is 2.43 bits per heavy atom. The van der Waals surface area contributed by atoms with E-state index in [4.69, 9.17) is 5.26 Å². The summed E-state index contributed by atoms with van der Waals surface area (Å²) in [4.78, 5) is 2.46. The van der Waals surface area contributed by atoms with Crippen LogP contribution >= 0.6 is 0 Å². The van der Waals surface area contributed by atoms with Gasteiger partial charge >= 0.3 is 0 Å². The fourth-order valence-corrected chi connectivity index (χ4v) is 2.29. The van der Waals surface area contributed by atoms with E-state index in [1.807, 2.05) is 0 Å². The molecule has 0 N–H and O–H groups in total. The maximum Gasteiger partial charge on any atom is 0.0622 e. The summed E-state index contributed by atoms with van der Waals surface area (Å²) in [6.07, 6.45) is 10.1. The first kappa shape index (κ1) is 11.5. The lowest BCUT2D eigenvalue weighted by Crippen LogP contribution is -2.32. The maximum absolute atomic E-state index is 8.47. The SMILES string of the molecule is CN(CCCC#N)C1CCCCCC1. The van der Waals surface area contributed by atoms with Crippen LogP contribution in [0.5, 0.6) is 0 Å². The average molecular weight is 194 g/mol. The van der Waals surface area contributed by atoms with E-state index in [-0.39, 0.29) is 0 Å². The lowest BCUT2D eigenvalue weighted by molar-refractivity contribution is 0.219. The number of hydrogen-bond donors (Lipinski definition) is 0. The highest BCUT2D eigenvalue weighted by atomic mass is 15.1. The minimum Gasteiger partial charge on any atom is -0.303 e. The van der Waals surface area contributed by atoms with Gasteiger partial charge in [-0.3, -0.25) is 0 Å². The minimum atomic E-state index is 0.705. The Labute approximate surface area is 87.9 Å². The molecule has 0 heterocycles. The standard InChI is InChI=1S/C12H22N2/c1-14(11-7-6-10-13)12-8-4-2-3-5-9-12/h12H,2-9,11H2,1H3. The van der Waals surface area contributed by atoms with Gasteiger partial charge in [-0.1, -0.05) is 25.7 Å². The molecule has 0 saturated heterocycles. The van der Waals surface area contributed by atoms with Crippen molar-refractivity contribution in [1.29, 1.82) is 5.26 Å². The molecule has 0 spiro atoms. The topological polar surface area (TPSA) is 27.0 Å². The third kappa shape index (κ3) is 4.11. The predicted molar refractivity (Wildman–Crippen MR) is 59.0 cm³/mol. The molecule has 1 fully saturated rings. The van der Waals surface area contributed by atoms with Gasteiger partial charge in [-0.15, -0.1) is 0 Å². The molecule has 0 aliphatic heterocycles. The Balaban J connectivity index is 2.20. The third-order valence-corrected chi connectivity index (χ3v) is 3.25. The van der Waals surface area contributed by atoms with Gasteiger partial charge in [-0.25, -0.2) is 0 Å². The van der Waals surface area contributed by atoms with E-state index in [1.165, 1.54) is 38.5 Å². The first-order valence-electron chi connectivity index (χ1n) is 5.92. The highest BCUT2D eigenvalue weighted by Crippen LogP contribution is 2.21. The Kier molecular flexibility index (Phi) is 5.63. The molecule has 1 aliphatic carbocycles. The summed E-state index contributed by atoms with van der Waals surface area (Å²) in [5, 5.41) is 8.47. The Morgan fingerprint density at radius 1 is 1.21 bits per heavy atom. The monoisotopic (exact) mass is 194 g/mol. The van der Waals surface area contributed by atoms with Gasteiger partial charge in [-0.05, 0) is 32.9 Å². The van der Waals surface area contributed by atoms with Crippen molar-refractivity contribution in [1.82, 2.24) is 4.90 Å². The van der Waals surface area contributed by atoms with E-state index in [2.05, 4.69) is 18.0 Å². The third-order valence-electron chi connectivity index (χ3n) is 3.25. The van der Waals surface area contributed by atoms with E-state index < -0.39 is 0 Å². The molecule has 0 radical (unpaired) electrons. The molecule has 2 nitrogen and oxygen atoms in total. The normalized spacial score (nSPS) is 19.2. The van der Waals surface area contributed by atoms with Crippen molar-refractivity contribution >= 4 is 0 Å². The molecule has 1 rings (SSSR count). The van der Waals surface area contributed by atoms with E-state index in [9.17, 15) is 0 Å².